The number of hydrogen-bond donors (Lipinski definition) is 3. The van der Waals surface area contributed by atoms with Gasteiger partial charge in [-0.1, -0.05) is 30.3 Å². The van der Waals surface area contributed by atoms with E-state index in [0.29, 0.717) is 10.3 Å². The van der Waals surface area contributed by atoms with Crippen molar-refractivity contribution in [1.29, 1.82) is 0 Å². The van der Waals surface area contributed by atoms with E-state index in [9.17, 15) is 14.8 Å². The minimum absolute atomic E-state index is 0.0464. The standard InChI is InChI=1S/C11H8N4O3/c16-10-7-8(13-11(17)14-10)12-9(15(7)18)6-4-2-1-3-5-6/h1-5,18H,(H2,13,14,16,17). The van der Waals surface area contributed by atoms with Crippen LogP contribution in [0.5, 0.6) is 0 Å². The molecule has 90 valence electrons. The second kappa shape index (κ2) is 3.59. The predicted molar refractivity (Wildman–Crippen MR) is 63.6 cm³/mol. The molecule has 0 saturated carbocycles. The first-order chi connectivity index (χ1) is 8.66. The van der Waals surface area contributed by atoms with E-state index in [4.69, 9.17) is 0 Å². The summed E-state index contributed by atoms with van der Waals surface area (Å²) in [6, 6.07) is 8.85. The molecule has 0 aliphatic heterocycles. The molecule has 2 heterocycles. The summed E-state index contributed by atoms with van der Waals surface area (Å²) in [7, 11) is 0. The molecule has 0 aliphatic carbocycles. The van der Waals surface area contributed by atoms with Crippen molar-refractivity contribution < 1.29 is 5.21 Å². The van der Waals surface area contributed by atoms with E-state index in [1.165, 1.54) is 0 Å². The summed E-state index contributed by atoms with van der Waals surface area (Å²) in [6.07, 6.45) is 0. The maximum atomic E-state index is 11.6. The number of aromatic nitrogens is 4. The van der Waals surface area contributed by atoms with Crippen molar-refractivity contribution in [3.05, 3.63) is 51.2 Å². The van der Waals surface area contributed by atoms with E-state index in [0.717, 1.165) is 0 Å². The maximum absolute atomic E-state index is 11.6. The average Bonchev–Trinajstić information content (AvgIpc) is 2.67. The number of fused-ring (bicyclic) bond motifs is 1. The van der Waals surface area contributed by atoms with Gasteiger partial charge in [-0.15, -0.1) is 0 Å². The van der Waals surface area contributed by atoms with E-state index >= 15 is 0 Å². The second-order valence-electron chi connectivity index (χ2n) is 3.72. The highest BCUT2D eigenvalue weighted by atomic mass is 16.5. The quantitative estimate of drug-likeness (QED) is 0.536. The highest BCUT2D eigenvalue weighted by molar-refractivity contribution is 5.75. The van der Waals surface area contributed by atoms with Crippen LogP contribution in [0.15, 0.2) is 39.9 Å². The van der Waals surface area contributed by atoms with Gasteiger partial charge in [0.25, 0.3) is 5.56 Å². The number of rotatable bonds is 1. The Morgan fingerprint density at radius 2 is 1.83 bits per heavy atom. The smallest absolute Gasteiger partial charge is 0.327 e. The Morgan fingerprint density at radius 1 is 1.11 bits per heavy atom. The number of nitrogens with one attached hydrogen (secondary N) is 2. The van der Waals surface area contributed by atoms with E-state index in [1.54, 1.807) is 24.3 Å². The van der Waals surface area contributed by atoms with Crippen LogP contribution in [-0.2, 0) is 0 Å². The fourth-order valence-corrected chi connectivity index (χ4v) is 1.78. The van der Waals surface area contributed by atoms with Gasteiger partial charge in [0, 0.05) is 5.56 Å². The molecule has 3 rings (SSSR count). The van der Waals surface area contributed by atoms with Gasteiger partial charge >= 0.3 is 5.69 Å². The van der Waals surface area contributed by atoms with Gasteiger partial charge in [0.15, 0.2) is 17.0 Å². The SMILES string of the molecule is O=c1[nH]c(=O)c2c(nc(-c3ccccc3)n2O)[nH]1. The molecule has 0 bridgehead atoms. The zero-order valence-corrected chi connectivity index (χ0v) is 9.04. The zero-order chi connectivity index (χ0) is 12.7. The minimum atomic E-state index is -0.689. The van der Waals surface area contributed by atoms with Crippen LogP contribution < -0.4 is 11.2 Å². The van der Waals surface area contributed by atoms with Crippen molar-refractivity contribution in [2.45, 2.75) is 0 Å². The number of benzene rings is 1. The Bertz CT molecular complexity index is 829. The van der Waals surface area contributed by atoms with Gasteiger partial charge in [0.05, 0.1) is 0 Å². The molecule has 3 aromatic rings. The molecule has 0 unspecified atom stereocenters. The third kappa shape index (κ3) is 1.41. The van der Waals surface area contributed by atoms with Crippen molar-refractivity contribution in [2.24, 2.45) is 0 Å². The Hall–Kier alpha value is -2.83. The first kappa shape index (κ1) is 10.3. The monoisotopic (exact) mass is 244 g/mol. The topological polar surface area (TPSA) is 104 Å². The molecule has 0 spiro atoms. The first-order valence-electron chi connectivity index (χ1n) is 5.16. The van der Waals surface area contributed by atoms with Crippen molar-refractivity contribution in [1.82, 2.24) is 19.7 Å². The van der Waals surface area contributed by atoms with Crippen LogP contribution in [0.4, 0.5) is 0 Å². The van der Waals surface area contributed by atoms with E-state index in [-0.39, 0.29) is 17.0 Å². The van der Waals surface area contributed by atoms with Crippen LogP contribution in [0.2, 0.25) is 0 Å². The Labute approximate surface area is 99.3 Å². The average molecular weight is 244 g/mol. The third-order valence-corrected chi connectivity index (χ3v) is 2.56. The van der Waals surface area contributed by atoms with Crippen LogP contribution in [0.25, 0.3) is 22.6 Å². The van der Waals surface area contributed by atoms with Crippen LogP contribution >= 0.6 is 0 Å². The number of nitrogens with zero attached hydrogens (tertiary/aromatic N) is 2. The molecule has 0 atom stereocenters. The van der Waals surface area contributed by atoms with Gasteiger partial charge in [-0.25, -0.2) is 9.78 Å². The molecule has 0 amide bonds. The van der Waals surface area contributed by atoms with E-state index in [2.05, 4.69) is 9.97 Å². The van der Waals surface area contributed by atoms with Crippen molar-refractivity contribution >= 4 is 11.2 Å². The van der Waals surface area contributed by atoms with Gasteiger partial charge in [-0.3, -0.25) is 14.8 Å². The van der Waals surface area contributed by atoms with Gasteiger partial charge in [0.1, 0.15) is 0 Å². The lowest BCUT2D eigenvalue weighted by Crippen LogP contribution is -2.23. The van der Waals surface area contributed by atoms with E-state index in [1.807, 2.05) is 11.1 Å². The van der Waals surface area contributed by atoms with Crippen molar-refractivity contribution in [2.75, 3.05) is 0 Å². The fraction of sp³-hybridized carbons (Fsp3) is 0. The first-order valence-corrected chi connectivity index (χ1v) is 5.16. The van der Waals surface area contributed by atoms with Crippen molar-refractivity contribution in [3.63, 3.8) is 0 Å². The predicted octanol–water partition coefficient (Wildman–Crippen LogP) is 0.317. The number of aromatic amines is 2. The second-order valence-corrected chi connectivity index (χ2v) is 3.72. The summed E-state index contributed by atoms with van der Waals surface area (Å²) in [6.45, 7) is 0. The Balaban J connectivity index is 2.40. The number of imidazole rings is 1. The third-order valence-electron chi connectivity index (χ3n) is 2.56. The maximum Gasteiger partial charge on any atom is 0.327 e. The van der Waals surface area contributed by atoms with Gasteiger partial charge in [-0.2, -0.15) is 4.73 Å². The Morgan fingerprint density at radius 3 is 2.56 bits per heavy atom. The molecule has 7 nitrogen and oxygen atoms in total. The van der Waals surface area contributed by atoms with Gasteiger partial charge in [0.2, 0.25) is 0 Å². The van der Waals surface area contributed by atoms with Gasteiger partial charge < -0.3 is 5.21 Å². The number of H-pyrrole nitrogens is 2. The van der Waals surface area contributed by atoms with Crippen molar-refractivity contribution in [3.8, 4) is 11.4 Å². The van der Waals surface area contributed by atoms with Crippen LogP contribution in [0.1, 0.15) is 0 Å². The normalized spacial score (nSPS) is 10.9. The lowest BCUT2D eigenvalue weighted by Gasteiger charge is -1.99. The lowest BCUT2D eigenvalue weighted by atomic mass is 10.2. The summed E-state index contributed by atoms with van der Waals surface area (Å²) in [4.78, 5) is 31.1. The molecule has 0 radical (unpaired) electrons. The molecule has 3 N–H and O–H groups in total. The summed E-state index contributed by atoms with van der Waals surface area (Å²) < 4.78 is 0.666. The summed E-state index contributed by atoms with van der Waals surface area (Å²) in [5.41, 5.74) is -0.758. The molecule has 18 heavy (non-hydrogen) atoms. The molecule has 7 heteroatoms. The highest BCUT2D eigenvalue weighted by Gasteiger charge is 2.15. The highest BCUT2D eigenvalue weighted by Crippen LogP contribution is 2.19. The molecule has 0 saturated heterocycles. The molecular weight excluding hydrogens is 236 g/mol. The molecular formula is C11H8N4O3. The van der Waals surface area contributed by atoms with Crippen LogP contribution in [-0.4, -0.2) is 24.9 Å². The molecule has 0 aliphatic rings. The van der Waals surface area contributed by atoms with E-state index < -0.39 is 11.2 Å². The summed E-state index contributed by atoms with van der Waals surface area (Å²) in [5, 5.41) is 9.93. The minimum Gasteiger partial charge on any atom is -0.426 e. The Kier molecular flexibility index (Phi) is 2.06. The van der Waals surface area contributed by atoms with Crippen LogP contribution in [0, 0.1) is 0 Å². The molecule has 0 fully saturated rings. The fourth-order valence-electron chi connectivity index (χ4n) is 1.78. The number of hydrogen-bond acceptors (Lipinski definition) is 4. The molecule has 2 aromatic heterocycles. The zero-order valence-electron chi connectivity index (χ0n) is 9.04. The van der Waals surface area contributed by atoms with Crippen LogP contribution in [0.3, 0.4) is 0 Å². The summed E-state index contributed by atoms with van der Waals surface area (Å²) in [5.74, 6) is 0.193. The lowest BCUT2D eigenvalue weighted by molar-refractivity contribution is 0.202. The summed E-state index contributed by atoms with van der Waals surface area (Å²) >= 11 is 0. The van der Waals surface area contributed by atoms with Gasteiger partial charge in [-0.05, 0) is 0 Å². The largest absolute Gasteiger partial charge is 0.426 e. The molecule has 1 aromatic carbocycles.